The number of carbonyl (C=O) groups is 6. The van der Waals surface area contributed by atoms with Crippen LogP contribution in [0.3, 0.4) is 0 Å². The molecule has 1 heterocycles. The Kier molecular flexibility index (Phi) is 9.75. The van der Waals surface area contributed by atoms with Crippen molar-refractivity contribution in [3.63, 3.8) is 0 Å². The zero-order valence-electron chi connectivity index (χ0n) is 20.3. The molecule has 0 spiro atoms. The number of hydrogen-bond acceptors (Lipinski definition) is 6. The van der Waals surface area contributed by atoms with Crippen LogP contribution in [0.1, 0.15) is 54.9 Å². The lowest BCUT2D eigenvalue weighted by Crippen LogP contribution is -2.55. The van der Waals surface area contributed by atoms with Crippen LogP contribution in [0.5, 0.6) is 0 Å². The van der Waals surface area contributed by atoms with E-state index in [2.05, 4.69) is 21.3 Å². The average molecular weight is 466 g/mol. The number of hydrogen-bond donors (Lipinski definition) is 4. The molecular formula is C22H35N5O6. The Hall–Kier alpha value is -3.24. The molecule has 4 N–H and O–H groups in total. The fourth-order valence-corrected chi connectivity index (χ4v) is 2.89. The van der Waals surface area contributed by atoms with Gasteiger partial charge in [-0.2, -0.15) is 0 Å². The summed E-state index contributed by atoms with van der Waals surface area (Å²) in [6.07, 6.45) is 2.09. The molecule has 4 unspecified atom stereocenters. The van der Waals surface area contributed by atoms with Gasteiger partial charge in [-0.05, 0) is 33.1 Å². The smallest absolute Gasteiger partial charge is 0.253 e. The van der Waals surface area contributed by atoms with E-state index in [1.165, 1.54) is 13.8 Å². The SMILES string of the molecule is CC(NC(=O)CC(C)N1C(=O)C=CC1=O)C(=O)NC(C)C(=O)NC(C)C(=O)NCC(C)(C)C. The molecule has 0 bridgehead atoms. The molecular weight excluding hydrogens is 430 g/mol. The van der Waals surface area contributed by atoms with Crippen LogP contribution in [-0.4, -0.2) is 71.1 Å². The van der Waals surface area contributed by atoms with Crippen LogP contribution in [0.25, 0.3) is 0 Å². The average Bonchev–Trinajstić information content (AvgIpc) is 3.03. The topological polar surface area (TPSA) is 154 Å². The molecule has 0 saturated carbocycles. The van der Waals surface area contributed by atoms with Gasteiger partial charge in [-0.3, -0.25) is 33.7 Å². The maximum atomic E-state index is 12.4. The summed E-state index contributed by atoms with van der Waals surface area (Å²) in [6, 6.07) is -3.37. The van der Waals surface area contributed by atoms with Crippen LogP contribution in [0.4, 0.5) is 0 Å². The van der Waals surface area contributed by atoms with Crippen molar-refractivity contribution < 1.29 is 28.8 Å². The molecule has 6 amide bonds. The molecule has 11 heteroatoms. The lowest BCUT2D eigenvalue weighted by atomic mass is 9.97. The van der Waals surface area contributed by atoms with Crippen LogP contribution in [-0.2, 0) is 28.8 Å². The molecule has 1 aliphatic rings. The first-order chi connectivity index (χ1) is 15.1. The summed E-state index contributed by atoms with van der Waals surface area (Å²) >= 11 is 0. The minimum absolute atomic E-state index is 0.102. The zero-order chi connectivity index (χ0) is 25.5. The number of carbonyl (C=O) groups excluding carboxylic acids is 6. The Labute approximate surface area is 194 Å². The molecule has 0 aliphatic carbocycles. The molecule has 4 atom stereocenters. The minimum Gasteiger partial charge on any atom is -0.354 e. The van der Waals surface area contributed by atoms with Crippen molar-refractivity contribution >= 4 is 35.4 Å². The highest BCUT2D eigenvalue weighted by Gasteiger charge is 2.30. The van der Waals surface area contributed by atoms with Crippen LogP contribution in [0.2, 0.25) is 0 Å². The van der Waals surface area contributed by atoms with Crippen LogP contribution < -0.4 is 21.3 Å². The first-order valence-corrected chi connectivity index (χ1v) is 10.9. The van der Waals surface area contributed by atoms with Gasteiger partial charge in [-0.25, -0.2) is 0 Å². The number of imide groups is 1. The third-order valence-corrected chi connectivity index (χ3v) is 4.83. The van der Waals surface area contributed by atoms with E-state index in [-0.39, 0.29) is 17.7 Å². The van der Waals surface area contributed by atoms with E-state index >= 15 is 0 Å². The van der Waals surface area contributed by atoms with Gasteiger partial charge in [0.25, 0.3) is 11.8 Å². The van der Waals surface area contributed by atoms with Gasteiger partial charge in [0.2, 0.25) is 23.6 Å². The Bertz CT molecular complexity index is 814. The van der Waals surface area contributed by atoms with Crippen molar-refractivity contribution in [1.29, 1.82) is 0 Å². The number of nitrogens with zero attached hydrogens (tertiary/aromatic N) is 1. The molecule has 0 radical (unpaired) electrons. The fraction of sp³-hybridized carbons (Fsp3) is 0.636. The van der Waals surface area contributed by atoms with Crippen molar-refractivity contribution in [3.8, 4) is 0 Å². The highest BCUT2D eigenvalue weighted by atomic mass is 16.2. The number of amides is 6. The number of rotatable bonds is 10. The quantitative estimate of drug-likeness (QED) is 0.315. The second-order valence-corrected chi connectivity index (χ2v) is 9.46. The van der Waals surface area contributed by atoms with Gasteiger partial charge < -0.3 is 21.3 Å². The summed E-state index contributed by atoms with van der Waals surface area (Å²) in [5.74, 6) is -3.00. The van der Waals surface area contributed by atoms with Gasteiger partial charge in [-0.15, -0.1) is 0 Å². The maximum absolute atomic E-state index is 12.4. The van der Waals surface area contributed by atoms with E-state index in [9.17, 15) is 28.8 Å². The zero-order valence-corrected chi connectivity index (χ0v) is 20.3. The molecule has 0 aromatic carbocycles. The third kappa shape index (κ3) is 9.03. The van der Waals surface area contributed by atoms with Gasteiger partial charge >= 0.3 is 0 Å². The lowest BCUT2D eigenvalue weighted by Gasteiger charge is -2.24. The van der Waals surface area contributed by atoms with E-state index in [1.54, 1.807) is 13.8 Å². The molecule has 0 aromatic rings. The van der Waals surface area contributed by atoms with E-state index in [0.29, 0.717) is 6.54 Å². The summed E-state index contributed by atoms with van der Waals surface area (Å²) in [5, 5.41) is 10.3. The molecule has 1 rings (SSSR count). The summed E-state index contributed by atoms with van der Waals surface area (Å²) in [7, 11) is 0. The first kappa shape index (κ1) is 27.8. The second kappa shape index (κ2) is 11.6. The van der Waals surface area contributed by atoms with E-state index in [1.807, 2.05) is 20.8 Å². The summed E-state index contributed by atoms with van der Waals surface area (Å²) in [6.45, 7) is 12.4. The molecule has 1 aliphatic heterocycles. The van der Waals surface area contributed by atoms with Crippen LogP contribution in [0.15, 0.2) is 12.2 Å². The maximum Gasteiger partial charge on any atom is 0.253 e. The molecule has 0 aromatic heterocycles. The van der Waals surface area contributed by atoms with Crippen molar-refractivity contribution in [2.45, 2.75) is 79.1 Å². The van der Waals surface area contributed by atoms with Gasteiger partial charge in [0.15, 0.2) is 0 Å². The van der Waals surface area contributed by atoms with Crippen molar-refractivity contribution in [3.05, 3.63) is 12.2 Å². The van der Waals surface area contributed by atoms with Crippen molar-refractivity contribution in [1.82, 2.24) is 26.2 Å². The van der Waals surface area contributed by atoms with Gasteiger partial charge in [0.05, 0.1) is 0 Å². The van der Waals surface area contributed by atoms with Gasteiger partial charge in [-0.1, -0.05) is 20.8 Å². The molecule has 33 heavy (non-hydrogen) atoms. The van der Waals surface area contributed by atoms with Crippen molar-refractivity contribution in [2.75, 3.05) is 6.54 Å². The summed E-state index contributed by atoms with van der Waals surface area (Å²) in [5.41, 5.74) is -0.102. The lowest BCUT2D eigenvalue weighted by molar-refractivity contribution is -0.140. The highest BCUT2D eigenvalue weighted by Crippen LogP contribution is 2.12. The standard InChI is InChI=1S/C22H35N5O6/c1-12(27-17(29)8-9-18(27)30)10-16(28)24-14(3)20(32)26-15(4)21(33)25-13(2)19(31)23-11-22(5,6)7/h8-9,12-15H,10-11H2,1-7H3,(H,23,31)(H,24,28)(H,25,33)(H,26,32). The summed E-state index contributed by atoms with van der Waals surface area (Å²) in [4.78, 5) is 73.4. The Morgan fingerprint density at radius 3 is 1.67 bits per heavy atom. The predicted molar refractivity (Wildman–Crippen MR) is 120 cm³/mol. The van der Waals surface area contributed by atoms with Gasteiger partial charge in [0.1, 0.15) is 18.1 Å². The van der Waals surface area contributed by atoms with Crippen LogP contribution >= 0.6 is 0 Å². The van der Waals surface area contributed by atoms with E-state index < -0.39 is 53.7 Å². The van der Waals surface area contributed by atoms with Crippen molar-refractivity contribution in [2.24, 2.45) is 5.41 Å². The highest BCUT2D eigenvalue weighted by molar-refractivity contribution is 6.13. The minimum atomic E-state index is -0.962. The first-order valence-electron chi connectivity index (χ1n) is 10.9. The summed E-state index contributed by atoms with van der Waals surface area (Å²) < 4.78 is 0. The predicted octanol–water partition coefficient (Wildman–Crippen LogP) is -0.634. The normalized spacial score (nSPS) is 17.1. The Morgan fingerprint density at radius 2 is 1.21 bits per heavy atom. The number of nitrogens with one attached hydrogen (secondary N) is 4. The van der Waals surface area contributed by atoms with E-state index in [4.69, 9.17) is 0 Å². The second-order valence-electron chi connectivity index (χ2n) is 9.46. The molecule has 184 valence electrons. The molecule has 11 nitrogen and oxygen atoms in total. The fourth-order valence-electron chi connectivity index (χ4n) is 2.89. The Balaban J connectivity index is 2.47. The van der Waals surface area contributed by atoms with E-state index in [0.717, 1.165) is 17.1 Å². The third-order valence-electron chi connectivity index (χ3n) is 4.83. The monoisotopic (exact) mass is 465 g/mol. The Morgan fingerprint density at radius 1 is 0.788 bits per heavy atom. The molecule has 0 saturated heterocycles. The largest absolute Gasteiger partial charge is 0.354 e. The van der Waals surface area contributed by atoms with Crippen LogP contribution in [0, 0.1) is 5.41 Å². The van der Waals surface area contributed by atoms with Gasteiger partial charge in [0, 0.05) is 31.2 Å². The molecule has 0 fully saturated rings.